The van der Waals surface area contributed by atoms with E-state index in [-0.39, 0.29) is 11.1 Å². The summed E-state index contributed by atoms with van der Waals surface area (Å²) in [6.07, 6.45) is 3.03. The lowest BCUT2D eigenvalue weighted by molar-refractivity contribution is -0.380. The molecule has 1 heterocycles. The third kappa shape index (κ3) is 3.81. The molecule has 21 heavy (non-hydrogen) atoms. The first-order valence-electron chi connectivity index (χ1n) is 7.33. The van der Waals surface area contributed by atoms with Crippen LogP contribution in [0, 0.1) is 27.9 Å². The molecule has 116 valence electrons. The molecule has 1 fully saturated rings. The summed E-state index contributed by atoms with van der Waals surface area (Å²) >= 11 is 0.874. The van der Waals surface area contributed by atoms with E-state index < -0.39 is 10.9 Å². The third-order valence-corrected chi connectivity index (χ3v) is 5.21. The van der Waals surface area contributed by atoms with Crippen LogP contribution >= 0.6 is 11.3 Å². The van der Waals surface area contributed by atoms with Crippen molar-refractivity contribution in [3.8, 4) is 0 Å². The van der Waals surface area contributed by atoms with Gasteiger partial charge in [-0.2, -0.15) is 0 Å². The number of nitro groups is 1. The normalized spacial score (nSPS) is 25.8. The molecule has 0 aliphatic heterocycles. The first-order chi connectivity index (χ1) is 9.88. The molecule has 3 atom stereocenters. The van der Waals surface area contributed by atoms with Crippen LogP contribution in [0.25, 0.3) is 0 Å². The monoisotopic (exact) mass is 311 g/mol. The van der Waals surface area contributed by atoms with E-state index in [1.807, 2.05) is 0 Å². The number of hydrogen-bond acceptors (Lipinski definition) is 5. The molecular weight excluding hydrogens is 290 g/mol. The Balaban J connectivity index is 2.06. The molecule has 1 aliphatic carbocycles. The number of carbonyl (C=O) groups is 1. The summed E-state index contributed by atoms with van der Waals surface area (Å²) < 4.78 is 5.66. The largest absolute Gasteiger partial charge is 0.458 e. The molecular formula is C15H21NO4S. The van der Waals surface area contributed by atoms with Gasteiger partial charge in [0.2, 0.25) is 0 Å². The SMILES string of the molecule is CC(C)[C@H]1CC[C@H](C)C[C@H]1OC(=O)c1ccc([N+](=O)[O-])s1. The molecule has 1 saturated carbocycles. The van der Waals surface area contributed by atoms with Crippen molar-refractivity contribution in [1.29, 1.82) is 0 Å². The van der Waals surface area contributed by atoms with Crippen molar-refractivity contribution in [3.63, 3.8) is 0 Å². The number of carbonyl (C=O) groups excluding carboxylic acids is 1. The standard InChI is InChI=1S/C15H21NO4S/c1-9(2)11-5-4-10(3)8-12(11)20-15(17)13-6-7-14(21-13)16(18)19/h6-7,9-12H,4-5,8H2,1-3H3/t10-,11+,12+/m0/s1. The molecule has 1 aliphatic rings. The van der Waals surface area contributed by atoms with Gasteiger partial charge in [-0.3, -0.25) is 10.1 Å². The highest BCUT2D eigenvalue weighted by Gasteiger charge is 2.34. The number of hydrogen-bond donors (Lipinski definition) is 0. The van der Waals surface area contributed by atoms with Crippen LogP contribution in [0.1, 0.15) is 49.7 Å². The lowest BCUT2D eigenvalue weighted by Gasteiger charge is -2.36. The van der Waals surface area contributed by atoms with Gasteiger partial charge >= 0.3 is 11.0 Å². The second-order valence-corrected chi connectivity index (χ2v) is 7.23. The fraction of sp³-hybridized carbons (Fsp3) is 0.667. The molecule has 5 nitrogen and oxygen atoms in total. The quantitative estimate of drug-likeness (QED) is 0.473. The van der Waals surface area contributed by atoms with E-state index in [1.54, 1.807) is 0 Å². The minimum Gasteiger partial charge on any atom is -0.458 e. The summed E-state index contributed by atoms with van der Waals surface area (Å²) in [6.45, 7) is 6.47. The van der Waals surface area contributed by atoms with Crippen LogP contribution in [-0.4, -0.2) is 17.0 Å². The molecule has 0 spiro atoms. The van der Waals surface area contributed by atoms with E-state index in [9.17, 15) is 14.9 Å². The molecule has 0 aromatic carbocycles. The second kappa shape index (κ2) is 6.56. The van der Waals surface area contributed by atoms with Crippen molar-refractivity contribution in [3.05, 3.63) is 27.1 Å². The first kappa shape index (κ1) is 15.9. The highest BCUT2D eigenvalue weighted by atomic mass is 32.1. The topological polar surface area (TPSA) is 69.4 Å². The maximum atomic E-state index is 12.2. The van der Waals surface area contributed by atoms with E-state index in [4.69, 9.17) is 4.74 Å². The van der Waals surface area contributed by atoms with Crippen LogP contribution in [0.5, 0.6) is 0 Å². The van der Waals surface area contributed by atoms with Gasteiger partial charge in [0.05, 0.1) is 4.92 Å². The summed E-state index contributed by atoms with van der Waals surface area (Å²) in [7, 11) is 0. The Bertz CT molecular complexity index is 525. The van der Waals surface area contributed by atoms with Gasteiger partial charge in [-0.05, 0) is 36.7 Å². The predicted octanol–water partition coefficient (Wildman–Crippen LogP) is 4.27. The van der Waals surface area contributed by atoms with Gasteiger partial charge in [-0.25, -0.2) is 4.79 Å². The van der Waals surface area contributed by atoms with Crippen molar-refractivity contribution in [2.75, 3.05) is 0 Å². The van der Waals surface area contributed by atoms with Crippen LogP contribution in [0.15, 0.2) is 12.1 Å². The van der Waals surface area contributed by atoms with E-state index in [2.05, 4.69) is 20.8 Å². The van der Waals surface area contributed by atoms with E-state index >= 15 is 0 Å². The fourth-order valence-corrected chi connectivity index (χ4v) is 3.68. The maximum absolute atomic E-state index is 12.2. The number of rotatable bonds is 4. The van der Waals surface area contributed by atoms with Crippen LogP contribution in [-0.2, 0) is 4.74 Å². The van der Waals surface area contributed by atoms with Gasteiger partial charge < -0.3 is 4.74 Å². The Labute approximate surface area is 128 Å². The van der Waals surface area contributed by atoms with Gasteiger partial charge in [-0.1, -0.05) is 38.5 Å². The Morgan fingerprint density at radius 3 is 2.71 bits per heavy atom. The van der Waals surface area contributed by atoms with Crippen LogP contribution in [0.4, 0.5) is 5.00 Å². The summed E-state index contributed by atoms with van der Waals surface area (Å²) in [4.78, 5) is 22.7. The van der Waals surface area contributed by atoms with E-state index in [0.717, 1.165) is 24.2 Å². The number of ether oxygens (including phenoxy) is 1. The zero-order chi connectivity index (χ0) is 15.6. The predicted molar refractivity (Wildman–Crippen MR) is 81.5 cm³/mol. The Hall–Kier alpha value is -1.43. The van der Waals surface area contributed by atoms with Crippen molar-refractivity contribution in [2.45, 2.75) is 46.1 Å². The summed E-state index contributed by atoms with van der Waals surface area (Å²) in [6, 6.07) is 2.83. The molecule has 1 aromatic rings. The lowest BCUT2D eigenvalue weighted by Crippen LogP contribution is -2.35. The summed E-state index contributed by atoms with van der Waals surface area (Å²) in [5, 5.41) is 10.6. The van der Waals surface area contributed by atoms with E-state index in [1.165, 1.54) is 18.6 Å². The van der Waals surface area contributed by atoms with Crippen molar-refractivity contribution < 1.29 is 14.5 Å². The molecule has 0 N–H and O–H groups in total. The number of esters is 1. The van der Waals surface area contributed by atoms with E-state index in [0.29, 0.717) is 22.6 Å². The zero-order valence-electron chi connectivity index (χ0n) is 12.6. The smallest absolute Gasteiger partial charge is 0.348 e. The lowest BCUT2D eigenvalue weighted by atomic mass is 9.75. The van der Waals surface area contributed by atoms with Crippen LogP contribution in [0.3, 0.4) is 0 Å². The summed E-state index contributed by atoms with van der Waals surface area (Å²) in [5.41, 5.74) is 0. The van der Waals surface area contributed by atoms with Gasteiger partial charge in [0.15, 0.2) is 0 Å². The Morgan fingerprint density at radius 2 is 2.14 bits per heavy atom. The average molecular weight is 311 g/mol. The van der Waals surface area contributed by atoms with Crippen LogP contribution < -0.4 is 0 Å². The molecule has 2 rings (SSSR count). The highest BCUT2D eigenvalue weighted by molar-refractivity contribution is 7.17. The van der Waals surface area contributed by atoms with Gasteiger partial charge in [0.1, 0.15) is 11.0 Å². The number of thiophene rings is 1. The third-order valence-electron chi connectivity index (χ3n) is 4.19. The molecule has 6 heteroatoms. The highest BCUT2D eigenvalue weighted by Crippen LogP contribution is 2.36. The minimum absolute atomic E-state index is 0.0284. The summed E-state index contributed by atoms with van der Waals surface area (Å²) in [5.74, 6) is 0.960. The Morgan fingerprint density at radius 1 is 1.43 bits per heavy atom. The van der Waals surface area contributed by atoms with Gasteiger partial charge in [0.25, 0.3) is 0 Å². The van der Waals surface area contributed by atoms with Crippen LogP contribution in [0.2, 0.25) is 0 Å². The molecule has 1 aromatic heterocycles. The molecule has 0 bridgehead atoms. The van der Waals surface area contributed by atoms with Crippen molar-refractivity contribution >= 4 is 22.3 Å². The first-order valence-corrected chi connectivity index (χ1v) is 8.15. The molecule has 0 amide bonds. The number of nitrogens with zero attached hydrogens (tertiary/aromatic N) is 1. The fourth-order valence-electron chi connectivity index (χ4n) is 2.98. The minimum atomic E-state index is -0.485. The molecule has 0 saturated heterocycles. The van der Waals surface area contributed by atoms with Gasteiger partial charge in [-0.15, -0.1) is 0 Å². The molecule has 0 radical (unpaired) electrons. The maximum Gasteiger partial charge on any atom is 0.348 e. The Kier molecular flexibility index (Phi) is 4.98. The van der Waals surface area contributed by atoms with Gasteiger partial charge in [0, 0.05) is 6.07 Å². The van der Waals surface area contributed by atoms with Crippen molar-refractivity contribution in [1.82, 2.24) is 0 Å². The zero-order valence-corrected chi connectivity index (χ0v) is 13.4. The molecule has 0 unspecified atom stereocenters. The second-order valence-electron chi connectivity index (χ2n) is 6.16. The average Bonchev–Trinajstić information content (AvgIpc) is 2.88. The van der Waals surface area contributed by atoms with Crippen molar-refractivity contribution in [2.24, 2.45) is 17.8 Å².